The standard InChI is InChI=1S/C15H21N/c1-5-7-15(6-2)16-11-14-10-12(3)8-9-13(14)4/h1,8-10,15-16H,6-7,11H2,2-4H3. The van der Waals surface area contributed by atoms with E-state index in [0.717, 1.165) is 19.4 Å². The van der Waals surface area contributed by atoms with Crippen LogP contribution >= 0.6 is 0 Å². The molecule has 0 amide bonds. The molecule has 16 heavy (non-hydrogen) atoms. The predicted octanol–water partition coefficient (Wildman–Crippen LogP) is 3.19. The maximum absolute atomic E-state index is 5.34. The van der Waals surface area contributed by atoms with Gasteiger partial charge in [-0.25, -0.2) is 0 Å². The largest absolute Gasteiger partial charge is 0.309 e. The smallest absolute Gasteiger partial charge is 0.0240 e. The SMILES string of the molecule is C#CCC(CC)NCc1cc(C)ccc1C. The van der Waals surface area contributed by atoms with Gasteiger partial charge < -0.3 is 5.32 Å². The fraction of sp³-hybridized carbons (Fsp3) is 0.467. The molecule has 0 radical (unpaired) electrons. The second kappa shape index (κ2) is 6.35. The van der Waals surface area contributed by atoms with Gasteiger partial charge in [0.2, 0.25) is 0 Å². The minimum Gasteiger partial charge on any atom is -0.309 e. The van der Waals surface area contributed by atoms with Crippen molar-refractivity contribution in [3.63, 3.8) is 0 Å². The minimum absolute atomic E-state index is 0.435. The summed E-state index contributed by atoms with van der Waals surface area (Å²) in [6.45, 7) is 7.35. The van der Waals surface area contributed by atoms with E-state index < -0.39 is 0 Å². The average molecular weight is 215 g/mol. The highest BCUT2D eigenvalue weighted by Crippen LogP contribution is 2.11. The number of benzene rings is 1. The van der Waals surface area contributed by atoms with Crippen LogP contribution in [0.25, 0.3) is 0 Å². The molecule has 0 aromatic heterocycles. The Kier molecular flexibility index (Phi) is 5.08. The summed E-state index contributed by atoms with van der Waals surface area (Å²) in [6.07, 6.45) is 7.22. The van der Waals surface area contributed by atoms with E-state index in [-0.39, 0.29) is 0 Å². The summed E-state index contributed by atoms with van der Waals surface area (Å²) in [4.78, 5) is 0. The fourth-order valence-corrected chi connectivity index (χ4v) is 1.75. The van der Waals surface area contributed by atoms with E-state index in [1.54, 1.807) is 0 Å². The van der Waals surface area contributed by atoms with Gasteiger partial charge in [0, 0.05) is 19.0 Å². The van der Waals surface area contributed by atoms with E-state index in [2.05, 4.69) is 50.2 Å². The molecule has 1 N–H and O–H groups in total. The predicted molar refractivity (Wildman–Crippen MR) is 70.3 cm³/mol. The molecule has 1 aromatic carbocycles. The summed E-state index contributed by atoms with van der Waals surface area (Å²) < 4.78 is 0. The molecule has 0 bridgehead atoms. The summed E-state index contributed by atoms with van der Waals surface area (Å²) in [5.41, 5.74) is 4.02. The fourth-order valence-electron chi connectivity index (χ4n) is 1.75. The molecule has 1 nitrogen and oxygen atoms in total. The van der Waals surface area contributed by atoms with Gasteiger partial charge in [-0.15, -0.1) is 12.3 Å². The topological polar surface area (TPSA) is 12.0 Å². The van der Waals surface area contributed by atoms with Crippen LogP contribution in [0.1, 0.15) is 36.5 Å². The first-order valence-corrected chi connectivity index (χ1v) is 5.90. The van der Waals surface area contributed by atoms with E-state index in [0.29, 0.717) is 6.04 Å². The van der Waals surface area contributed by atoms with Crippen LogP contribution in [0.15, 0.2) is 18.2 Å². The first kappa shape index (κ1) is 12.8. The van der Waals surface area contributed by atoms with E-state index in [9.17, 15) is 0 Å². The van der Waals surface area contributed by atoms with Crippen molar-refractivity contribution in [1.82, 2.24) is 5.32 Å². The second-order valence-electron chi connectivity index (χ2n) is 4.32. The normalized spacial score (nSPS) is 12.1. The molecular weight excluding hydrogens is 194 g/mol. The summed E-state index contributed by atoms with van der Waals surface area (Å²) >= 11 is 0. The highest BCUT2D eigenvalue weighted by Gasteiger charge is 2.05. The van der Waals surface area contributed by atoms with Crippen molar-refractivity contribution < 1.29 is 0 Å². The van der Waals surface area contributed by atoms with Gasteiger partial charge in [-0.05, 0) is 31.4 Å². The molecule has 0 spiro atoms. The van der Waals surface area contributed by atoms with E-state index in [1.807, 2.05) is 0 Å². The first-order chi connectivity index (χ1) is 7.67. The zero-order chi connectivity index (χ0) is 12.0. The molecule has 0 saturated heterocycles. The number of hydrogen-bond acceptors (Lipinski definition) is 1. The summed E-state index contributed by atoms with van der Waals surface area (Å²) in [7, 11) is 0. The van der Waals surface area contributed by atoms with Crippen LogP contribution in [-0.2, 0) is 6.54 Å². The minimum atomic E-state index is 0.435. The summed E-state index contributed by atoms with van der Waals surface area (Å²) in [6, 6.07) is 7.00. The van der Waals surface area contributed by atoms with Crippen molar-refractivity contribution in [1.29, 1.82) is 0 Å². The van der Waals surface area contributed by atoms with Crippen molar-refractivity contribution in [2.24, 2.45) is 0 Å². The number of nitrogens with one attached hydrogen (secondary N) is 1. The molecule has 0 fully saturated rings. The number of terminal acetylenes is 1. The highest BCUT2D eigenvalue weighted by molar-refractivity contribution is 5.30. The van der Waals surface area contributed by atoms with Crippen LogP contribution in [0, 0.1) is 26.2 Å². The molecular formula is C15H21N. The van der Waals surface area contributed by atoms with Crippen molar-refractivity contribution in [2.75, 3.05) is 0 Å². The molecule has 1 heteroatoms. The Bertz CT molecular complexity index is 374. The van der Waals surface area contributed by atoms with E-state index >= 15 is 0 Å². The van der Waals surface area contributed by atoms with Crippen molar-refractivity contribution in [2.45, 2.75) is 46.2 Å². The summed E-state index contributed by atoms with van der Waals surface area (Å²) in [5.74, 6) is 2.72. The zero-order valence-electron chi connectivity index (χ0n) is 10.5. The van der Waals surface area contributed by atoms with Gasteiger partial charge in [-0.1, -0.05) is 30.7 Å². The van der Waals surface area contributed by atoms with Gasteiger partial charge >= 0.3 is 0 Å². The number of hydrogen-bond donors (Lipinski definition) is 1. The molecule has 1 aromatic rings. The van der Waals surface area contributed by atoms with Gasteiger partial charge in [-0.2, -0.15) is 0 Å². The van der Waals surface area contributed by atoms with Gasteiger partial charge in [0.15, 0.2) is 0 Å². The third-order valence-electron chi connectivity index (χ3n) is 2.94. The van der Waals surface area contributed by atoms with Crippen LogP contribution in [0.3, 0.4) is 0 Å². The lowest BCUT2D eigenvalue weighted by Gasteiger charge is -2.15. The lowest BCUT2D eigenvalue weighted by Crippen LogP contribution is -2.27. The van der Waals surface area contributed by atoms with Gasteiger partial charge in [0.25, 0.3) is 0 Å². The lowest BCUT2D eigenvalue weighted by atomic mass is 10.0. The maximum Gasteiger partial charge on any atom is 0.0240 e. The van der Waals surface area contributed by atoms with Crippen molar-refractivity contribution in [3.8, 4) is 12.3 Å². The zero-order valence-corrected chi connectivity index (χ0v) is 10.5. The molecule has 1 atom stereocenters. The Labute approximate surface area is 99.3 Å². The van der Waals surface area contributed by atoms with Gasteiger partial charge in [0.05, 0.1) is 0 Å². The van der Waals surface area contributed by atoms with Crippen LogP contribution in [0.5, 0.6) is 0 Å². The van der Waals surface area contributed by atoms with E-state index in [1.165, 1.54) is 16.7 Å². The van der Waals surface area contributed by atoms with Crippen LogP contribution in [0.4, 0.5) is 0 Å². The molecule has 0 saturated carbocycles. The molecule has 1 rings (SSSR count). The van der Waals surface area contributed by atoms with Crippen LogP contribution in [0.2, 0.25) is 0 Å². The Morgan fingerprint density at radius 2 is 2.12 bits per heavy atom. The quantitative estimate of drug-likeness (QED) is 0.744. The van der Waals surface area contributed by atoms with Crippen LogP contribution < -0.4 is 5.32 Å². The molecule has 0 heterocycles. The highest BCUT2D eigenvalue weighted by atomic mass is 14.9. The Morgan fingerprint density at radius 1 is 1.38 bits per heavy atom. The molecule has 0 aliphatic rings. The van der Waals surface area contributed by atoms with Crippen molar-refractivity contribution >= 4 is 0 Å². The van der Waals surface area contributed by atoms with Gasteiger partial charge in [0.1, 0.15) is 0 Å². The Morgan fingerprint density at radius 3 is 2.75 bits per heavy atom. The maximum atomic E-state index is 5.34. The monoisotopic (exact) mass is 215 g/mol. The lowest BCUT2D eigenvalue weighted by molar-refractivity contribution is 0.506. The third kappa shape index (κ3) is 3.72. The molecule has 0 aliphatic carbocycles. The second-order valence-corrected chi connectivity index (χ2v) is 4.32. The third-order valence-corrected chi connectivity index (χ3v) is 2.94. The molecule has 86 valence electrons. The van der Waals surface area contributed by atoms with Gasteiger partial charge in [-0.3, -0.25) is 0 Å². The molecule has 0 aliphatic heterocycles. The number of aryl methyl sites for hydroxylation is 2. The Balaban J connectivity index is 2.60. The number of rotatable bonds is 5. The summed E-state index contributed by atoms with van der Waals surface area (Å²) in [5, 5.41) is 3.51. The van der Waals surface area contributed by atoms with Crippen LogP contribution in [-0.4, -0.2) is 6.04 Å². The average Bonchev–Trinajstić information content (AvgIpc) is 2.28. The Hall–Kier alpha value is -1.26. The van der Waals surface area contributed by atoms with Crippen molar-refractivity contribution in [3.05, 3.63) is 34.9 Å². The first-order valence-electron chi connectivity index (χ1n) is 5.90. The molecule has 1 unspecified atom stereocenters. The van der Waals surface area contributed by atoms with E-state index in [4.69, 9.17) is 6.42 Å².